The molecule has 0 unspecified atom stereocenters. The fraction of sp³-hybridized carbons (Fsp3) is 1.00. The monoisotopic (exact) mass is 129 g/mol. The molecule has 0 radical (unpaired) electrons. The molecule has 0 aromatic carbocycles. The fourth-order valence-electron chi connectivity index (χ4n) is 1.10. The summed E-state index contributed by atoms with van der Waals surface area (Å²) in [6, 6.07) is 0. The van der Waals surface area contributed by atoms with Gasteiger partial charge in [0.25, 0.3) is 0 Å². The van der Waals surface area contributed by atoms with Crippen LogP contribution in [0.4, 0.5) is 0 Å². The van der Waals surface area contributed by atoms with E-state index in [0.717, 1.165) is 6.61 Å². The molecule has 0 N–H and O–H groups in total. The first-order chi connectivity index (χ1) is 4.21. The van der Waals surface area contributed by atoms with Crippen molar-refractivity contribution in [2.75, 3.05) is 20.7 Å². The van der Waals surface area contributed by atoms with Crippen LogP contribution in [-0.2, 0) is 4.74 Å². The van der Waals surface area contributed by atoms with Crippen LogP contribution >= 0.6 is 0 Å². The fourth-order valence-corrected chi connectivity index (χ4v) is 1.10. The molecule has 1 aliphatic rings. The smallest absolute Gasteiger partial charge is 0.121 e. The minimum Gasteiger partial charge on any atom is -0.361 e. The molecule has 0 aliphatic heterocycles. The Morgan fingerprint density at radius 2 is 2.00 bits per heavy atom. The van der Waals surface area contributed by atoms with Crippen molar-refractivity contribution in [1.82, 2.24) is 4.90 Å². The van der Waals surface area contributed by atoms with Gasteiger partial charge in [-0.1, -0.05) is 0 Å². The molecule has 1 saturated carbocycles. The van der Waals surface area contributed by atoms with Gasteiger partial charge in [-0.3, -0.25) is 4.90 Å². The van der Waals surface area contributed by atoms with Gasteiger partial charge in [-0.05, 0) is 33.9 Å². The summed E-state index contributed by atoms with van der Waals surface area (Å²) in [6.45, 7) is 2.88. The highest BCUT2D eigenvalue weighted by Gasteiger charge is 2.45. The molecule has 1 fully saturated rings. The third-order valence-corrected chi connectivity index (χ3v) is 1.91. The van der Waals surface area contributed by atoms with Crippen molar-refractivity contribution in [1.29, 1.82) is 0 Å². The molecule has 0 aromatic rings. The van der Waals surface area contributed by atoms with Crippen LogP contribution in [0.5, 0.6) is 0 Å². The molecule has 2 nitrogen and oxygen atoms in total. The van der Waals surface area contributed by atoms with Gasteiger partial charge in [-0.15, -0.1) is 0 Å². The van der Waals surface area contributed by atoms with Gasteiger partial charge in [0.2, 0.25) is 0 Å². The van der Waals surface area contributed by atoms with Crippen molar-refractivity contribution in [3.63, 3.8) is 0 Å². The Balaban J connectivity index is 2.33. The number of ether oxygens (including phenoxy) is 1. The molecule has 0 atom stereocenters. The molecule has 1 rings (SSSR count). The van der Waals surface area contributed by atoms with Gasteiger partial charge < -0.3 is 4.74 Å². The van der Waals surface area contributed by atoms with Crippen LogP contribution in [0.1, 0.15) is 19.8 Å². The maximum atomic E-state index is 5.53. The first-order valence-corrected chi connectivity index (χ1v) is 3.53. The minimum atomic E-state index is 0.134. The lowest BCUT2D eigenvalue weighted by Gasteiger charge is -2.22. The summed E-state index contributed by atoms with van der Waals surface area (Å²) in [7, 11) is 4.14. The van der Waals surface area contributed by atoms with E-state index in [1.54, 1.807) is 0 Å². The van der Waals surface area contributed by atoms with E-state index >= 15 is 0 Å². The third-order valence-electron chi connectivity index (χ3n) is 1.91. The predicted octanol–water partition coefficient (Wildman–Crippen LogP) is 1.07. The van der Waals surface area contributed by atoms with Gasteiger partial charge in [0.15, 0.2) is 0 Å². The lowest BCUT2D eigenvalue weighted by atomic mass is 10.5. The SMILES string of the molecule is CCOC1(N(C)C)CC1. The average molecular weight is 129 g/mol. The van der Waals surface area contributed by atoms with Crippen LogP contribution in [-0.4, -0.2) is 31.3 Å². The van der Waals surface area contributed by atoms with E-state index in [2.05, 4.69) is 19.0 Å². The highest BCUT2D eigenvalue weighted by atomic mass is 16.5. The average Bonchev–Trinajstić information content (AvgIpc) is 2.49. The standard InChI is InChI=1S/C7H15NO/c1-4-9-7(5-6-7)8(2)3/h4-6H2,1-3H3. The maximum Gasteiger partial charge on any atom is 0.121 e. The van der Waals surface area contributed by atoms with Crippen LogP contribution in [0.15, 0.2) is 0 Å². The van der Waals surface area contributed by atoms with Crippen molar-refractivity contribution >= 4 is 0 Å². The quantitative estimate of drug-likeness (QED) is 0.529. The summed E-state index contributed by atoms with van der Waals surface area (Å²) < 4.78 is 5.53. The molecule has 0 amide bonds. The Kier molecular flexibility index (Phi) is 1.78. The summed E-state index contributed by atoms with van der Waals surface area (Å²) in [5, 5.41) is 0. The van der Waals surface area contributed by atoms with Crippen LogP contribution in [0.25, 0.3) is 0 Å². The van der Waals surface area contributed by atoms with Gasteiger partial charge in [0.05, 0.1) is 0 Å². The molecule has 0 bridgehead atoms. The topological polar surface area (TPSA) is 12.5 Å². The molecule has 0 spiro atoms. The molecule has 9 heavy (non-hydrogen) atoms. The Bertz CT molecular complexity index is 97.1. The molecule has 0 heterocycles. The summed E-state index contributed by atoms with van der Waals surface area (Å²) >= 11 is 0. The van der Waals surface area contributed by atoms with Gasteiger partial charge in [0, 0.05) is 6.61 Å². The van der Waals surface area contributed by atoms with Gasteiger partial charge in [-0.2, -0.15) is 0 Å². The van der Waals surface area contributed by atoms with Crippen LogP contribution in [0, 0.1) is 0 Å². The first kappa shape index (κ1) is 7.03. The molecular weight excluding hydrogens is 114 g/mol. The van der Waals surface area contributed by atoms with E-state index in [9.17, 15) is 0 Å². The second-order valence-electron chi connectivity index (χ2n) is 2.77. The number of hydrogen-bond donors (Lipinski definition) is 0. The van der Waals surface area contributed by atoms with Crippen molar-refractivity contribution < 1.29 is 4.74 Å². The Morgan fingerprint density at radius 1 is 1.44 bits per heavy atom. The zero-order valence-electron chi connectivity index (χ0n) is 6.48. The minimum absolute atomic E-state index is 0.134. The number of hydrogen-bond acceptors (Lipinski definition) is 2. The van der Waals surface area contributed by atoms with Crippen molar-refractivity contribution in [2.45, 2.75) is 25.5 Å². The summed E-state index contributed by atoms with van der Waals surface area (Å²) in [6.07, 6.45) is 2.40. The van der Waals surface area contributed by atoms with Crippen molar-refractivity contribution in [2.24, 2.45) is 0 Å². The van der Waals surface area contributed by atoms with Crippen LogP contribution in [0.3, 0.4) is 0 Å². The van der Waals surface area contributed by atoms with E-state index in [1.807, 2.05) is 6.92 Å². The zero-order valence-corrected chi connectivity index (χ0v) is 6.48. The lowest BCUT2D eigenvalue weighted by Crippen LogP contribution is -2.32. The van der Waals surface area contributed by atoms with Gasteiger partial charge in [0.1, 0.15) is 5.72 Å². The highest BCUT2D eigenvalue weighted by molar-refractivity contribution is 4.92. The van der Waals surface area contributed by atoms with Crippen molar-refractivity contribution in [3.8, 4) is 0 Å². The molecule has 0 saturated heterocycles. The van der Waals surface area contributed by atoms with E-state index in [0.29, 0.717) is 0 Å². The van der Waals surface area contributed by atoms with Crippen LogP contribution in [0.2, 0.25) is 0 Å². The summed E-state index contributed by atoms with van der Waals surface area (Å²) in [5.41, 5.74) is 0.134. The molecular formula is C7H15NO. The predicted molar refractivity (Wildman–Crippen MR) is 37.3 cm³/mol. The van der Waals surface area contributed by atoms with Crippen molar-refractivity contribution in [3.05, 3.63) is 0 Å². The Labute approximate surface area is 56.8 Å². The normalized spacial score (nSPS) is 22.7. The second kappa shape index (κ2) is 2.27. The van der Waals surface area contributed by atoms with E-state index in [-0.39, 0.29) is 5.72 Å². The van der Waals surface area contributed by atoms with E-state index in [1.165, 1.54) is 12.8 Å². The third kappa shape index (κ3) is 1.25. The maximum absolute atomic E-state index is 5.53. The largest absolute Gasteiger partial charge is 0.361 e. The molecule has 0 aromatic heterocycles. The second-order valence-corrected chi connectivity index (χ2v) is 2.77. The molecule has 54 valence electrons. The van der Waals surface area contributed by atoms with E-state index < -0.39 is 0 Å². The van der Waals surface area contributed by atoms with Gasteiger partial charge in [-0.25, -0.2) is 0 Å². The van der Waals surface area contributed by atoms with Crippen LogP contribution < -0.4 is 0 Å². The molecule has 2 heteroatoms. The number of nitrogens with zero attached hydrogens (tertiary/aromatic N) is 1. The van der Waals surface area contributed by atoms with E-state index in [4.69, 9.17) is 4.74 Å². The summed E-state index contributed by atoms with van der Waals surface area (Å²) in [5.74, 6) is 0. The number of rotatable bonds is 3. The lowest BCUT2D eigenvalue weighted by molar-refractivity contribution is -0.0537. The first-order valence-electron chi connectivity index (χ1n) is 3.53. The summed E-state index contributed by atoms with van der Waals surface area (Å²) in [4.78, 5) is 2.16. The molecule has 1 aliphatic carbocycles. The highest BCUT2D eigenvalue weighted by Crippen LogP contribution is 2.40. The Hall–Kier alpha value is -0.0800. The van der Waals surface area contributed by atoms with Gasteiger partial charge >= 0.3 is 0 Å². The zero-order chi connectivity index (χ0) is 6.91. The Morgan fingerprint density at radius 3 is 2.11 bits per heavy atom.